The van der Waals surface area contributed by atoms with Crippen molar-refractivity contribution in [2.75, 3.05) is 26.2 Å². The lowest BCUT2D eigenvalue weighted by atomic mass is 10.1. The minimum Gasteiger partial charge on any atom is -0.480 e. The molecule has 1 aromatic carbocycles. The number of aryl methyl sites for hydroxylation is 1. The lowest BCUT2D eigenvalue weighted by Gasteiger charge is -2.28. The predicted octanol–water partition coefficient (Wildman–Crippen LogP) is 2.97. The molecule has 146 valence electrons. The molecule has 1 atom stereocenters. The van der Waals surface area contributed by atoms with E-state index in [0.29, 0.717) is 12.3 Å². The molecule has 3 aromatic rings. The zero-order chi connectivity index (χ0) is 19.3. The summed E-state index contributed by atoms with van der Waals surface area (Å²) in [5.74, 6) is 0.496. The molecule has 28 heavy (non-hydrogen) atoms. The molecule has 0 aliphatic carbocycles. The van der Waals surface area contributed by atoms with Crippen LogP contribution in [-0.2, 0) is 4.79 Å². The van der Waals surface area contributed by atoms with E-state index in [9.17, 15) is 4.79 Å². The van der Waals surface area contributed by atoms with Gasteiger partial charge in [0.2, 0.25) is 0 Å². The summed E-state index contributed by atoms with van der Waals surface area (Å²) in [6, 6.07) is 14.3. The molecule has 1 amide bonds. The summed E-state index contributed by atoms with van der Waals surface area (Å²) in [6.07, 6.45) is 6.29. The number of nitrogens with zero attached hydrogens (tertiary/aromatic N) is 3. The smallest absolute Gasteiger partial charge is 0.258 e. The molecule has 0 bridgehead atoms. The Morgan fingerprint density at radius 3 is 2.75 bits per heavy atom. The molecule has 1 fully saturated rings. The van der Waals surface area contributed by atoms with Crippen molar-refractivity contribution in [3.63, 3.8) is 0 Å². The first kappa shape index (κ1) is 18.5. The third-order valence-corrected chi connectivity index (χ3v) is 5.18. The Hall–Kier alpha value is -2.86. The molecular weight excluding hydrogens is 352 g/mol. The Bertz CT molecular complexity index is 932. The van der Waals surface area contributed by atoms with E-state index in [1.54, 1.807) is 0 Å². The van der Waals surface area contributed by atoms with Crippen LogP contribution < -0.4 is 10.1 Å². The fraction of sp³-hybridized carbons (Fsp3) is 0.364. The first-order valence-electron chi connectivity index (χ1n) is 9.83. The highest BCUT2D eigenvalue weighted by atomic mass is 16.5. The number of aromatic nitrogens is 2. The topological polar surface area (TPSA) is 58.9 Å². The number of pyridine rings is 1. The second-order valence-electron chi connectivity index (χ2n) is 7.25. The van der Waals surface area contributed by atoms with E-state index in [1.165, 1.54) is 18.4 Å². The molecule has 6 nitrogen and oxygen atoms in total. The maximum absolute atomic E-state index is 12.4. The van der Waals surface area contributed by atoms with E-state index < -0.39 is 0 Å². The minimum atomic E-state index is -0.120. The molecule has 1 saturated heterocycles. The first-order valence-corrected chi connectivity index (χ1v) is 9.83. The molecule has 1 unspecified atom stereocenters. The molecule has 6 heteroatoms. The maximum atomic E-state index is 12.4. The number of ether oxygens (including phenoxy) is 1. The van der Waals surface area contributed by atoms with Crippen LogP contribution in [0.2, 0.25) is 0 Å². The molecule has 0 spiro atoms. The number of likely N-dealkylation sites (tertiary alicyclic amines) is 1. The van der Waals surface area contributed by atoms with Gasteiger partial charge in [0.25, 0.3) is 5.91 Å². The largest absolute Gasteiger partial charge is 0.480 e. The highest BCUT2D eigenvalue weighted by Crippen LogP contribution is 2.24. The van der Waals surface area contributed by atoms with Crippen molar-refractivity contribution in [1.82, 2.24) is 19.6 Å². The van der Waals surface area contributed by atoms with Gasteiger partial charge in [0.1, 0.15) is 0 Å². The van der Waals surface area contributed by atoms with Crippen LogP contribution in [0.15, 0.2) is 54.9 Å². The van der Waals surface area contributed by atoms with E-state index >= 15 is 0 Å². The lowest BCUT2D eigenvalue weighted by molar-refractivity contribution is -0.123. The summed E-state index contributed by atoms with van der Waals surface area (Å²) in [4.78, 5) is 19.3. The zero-order valence-corrected chi connectivity index (χ0v) is 16.2. The summed E-state index contributed by atoms with van der Waals surface area (Å²) in [6.45, 7) is 4.65. The van der Waals surface area contributed by atoms with E-state index in [1.807, 2.05) is 41.9 Å². The highest BCUT2D eigenvalue weighted by molar-refractivity contribution is 5.77. The quantitative estimate of drug-likeness (QED) is 0.687. The molecule has 3 heterocycles. The fourth-order valence-electron chi connectivity index (χ4n) is 3.81. The van der Waals surface area contributed by atoms with E-state index in [0.717, 1.165) is 24.4 Å². The number of hydrogen-bond donors (Lipinski definition) is 1. The van der Waals surface area contributed by atoms with Gasteiger partial charge in [-0.25, -0.2) is 4.98 Å². The van der Waals surface area contributed by atoms with Gasteiger partial charge in [0.05, 0.1) is 11.7 Å². The van der Waals surface area contributed by atoms with Crippen molar-refractivity contribution >= 4 is 11.6 Å². The van der Waals surface area contributed by atoms with Gasteiger partial charge in [0.15, 0.2) is 18.0 Å². The third kappa shape index (κ3) is 4.17. The number of rotatable bonds is 7. The lowest BCUT2D eigenvalue weighted by Crippen LogP contribution is -2.38. The predicted molar refractivity (Wildman–Crippen MR) is 108 cm³/mol. The van der Waals surface area contributed by atoms with Crippen LogP contribution in [0, 0.1) is 6.92 Å². The fourth-order valence-corrected chi connectivity index (χ4v) is 3.81. The maximum Gasteiger partial charge on any atom is 0.258 e. The Balaban J connectivity index is 1.37. The Morgan fingerprint density at radius 1 is 1.18 bits per heavy atom. The monoisotopic (exact) mass is 378 g/mol. The number of carbonyl (C=O) groups is 1. The highest BCUT2D eigenvalue weighted by Gasteiger charge is 2.23. The number of benzene rings is 1. The number of carbonyl (C=O) groups excluding carboxylic acids is 1. The Morgan fingerprint density at radius 2 is 1.96 bits per heavy atom. The SMILES string of the molecule is Cc1cn2cccc(OCC(=O)NCC(c3ccccc3)N3CCCC3)c2n1. The van der Waals surface area contributed by atoms with Crippen LogP contribution in [-0.4, -0.2) is 46.4 Å². The van der Waals surface area contributed by atoms with Gasteiger partial charge in [-0.15, -0.1) is 0 Å². The van der Waals surface area contributed by atoms with Gasteiger partial charge in [-0.1, -0.05) is 30.3 Å². The Kier molecular flexibility index (Phi) is 5.58. The summed E-state index contributed by atoms with van der Waals surface area (Å²) in [5, 5.41) is 3.05. The van der Waals surface area contributed by atoms with Crippen molar-refractivity contribution < 1.29 is 9.53 Å². The van der Waals surface area contributed by atoms with Crippen LogP contribution in [0.25, 0.3) is 5.65 Å². The average Bonchev–Trinajstić information content (AvgIpc) is 3.36. The van der Waals surface area contributed by atoms with Crippen molar-refractivity contribution in [1.29, 1.82) is 0 Å². The Labute approximate surface area is 165 Å². The molecule has 1 aliphatic rings. The number of amides is 1. The molecule has 1 aliphatic heterocycles. The number of hydrogen-bond acceptors (Lipinski definition) is 4. The minimum absolute atomic E-state index is 0.0207. The molecule has 1 N–H and O–H groups in total. The number of fused-ring (bicyclic) bond motifs is 1. The van der Waals surface area contributed by atoms with Crippen LogP contribution in [0.3, 0.4) is 0 Å². The molecule has 0 radical (unpaired) electrons. The van der Waals surface area contributed by atoms with Crippen molar-refractivity contribution in [3.05, 3.63) is 66.1 Å². The molecular formula is C22H26N4O2. The van der Waals surface area contributed by atoms with E-state index in [2.05, 4.69) is 39.5 Å². The molecule has 4 rings (SSSR count). The van der Waals surface area contributed by atoms with Gasteiger partial charge in [-0.2, -0.15) is 0 Å². The average molecular weight is 378 g/mol. The van der Waals surface area contributed by atoms with Crippen LogP contribution >= 0.6 is 0 Å². The second-order valence-corrected chi connectivity index (χ2v) is 7.25. The van der Waals surface area contributed by atoms with Crippen molar-refractivity contribution in [2.24, 2.45) is 0 Å². The summed E-state index contributed by atoms with van der Waals surface area (Å²) < 4.78 is 7.65. The van der Waals surface area contributed by atoms with Gasteiger partial charge < -0.3 is 14.5 Å². The van der Waals surface area contributed by atoms with Crippen molar-refractivity contribution in [3.8, 4) is 5.75 Å². The number of imidazole rings is 1. The van der Waals surface area contributed by atoms with Crippen LogP contribution in [0.5, 0.6) is 5.75 Å². The normalized spacial score (nSPS) is 15.6. The van der Waals surface area contributed by atoms with Crippen molar-refractivity contribution in [2.45, 2.75) is 25.8 Å². The summed E-state index contributed by atoms with van der Waals surface area (Å²) in [5.41, 5.74) is 2.88. The third-order valence-electron chi connectivity index (χ3n) is 5.18. The van der Waals surface area contributed by atoms with Gasteiger partial charge in [-0.3, -0.25) is 9.69 Å². The van der Waals surface area contributed by atoms with Crippen LogP contribution in [0.4, 0.5) is 0 Å². The standard InChI is InChI=1S/C22H26N4O2/c1-17-15-26-13-7-10-20(22(26)24-17)28-16-21(27)23-14-19(25-11-5-6-12-25)18-8-3-2-4-9-18/h2-4,7-10,13,15,19H,5-6,11-12,14,16H2,1H3,(H,23,27). The summed E-state index contributed by atoms with van der Waals surface area (Å²) in [7, 11) is 0. The van der Waals surface area contributed by atoms with E-state index in [-0.39, 0.29) is 18.6 Å². The van der Waals surface area contributed by atoms with Crippen LogP contribution in [0.1, 0.15) is 30.1 Å². The molecule has 0 saturated carbocycles. The zero-order valence-electron chi connectivity index (χ0n) is 16.2. The molecule has 2 aromatic heterocycles. The van der Waals surface area contributed by atoms with Gasteiger partial charge in [0, 0.05) is 18.9 Å². The van der Waals surface area contributed by atoms with Gasteiger partial charge in [-0.05, 0) is 50.6 Å². The van der Waals surface area contributed by atoms with Gasteiger partial charge >= 0.3 is 0 Å². The second kappa shape index (κ2) is 8.44. The summed E-state index contributed by atoms with van der Waals surface area (Å²) >= 11 is 0. The first-order chi connectivity index (χ1) is 13.7. The van der Waals surface area contributed by atoms with E-state index in [4.69, 9.17) is 4.74 Å². The number of nitrogens with one attached hydrogen (secondary N) is 1.